The number of rotatable bonds is 13. The van der Waals surface area contributed by atoms with Crippen molar-refractivity contribution >= 4 is 30.9 Å². The smallest absolute Gasteiger partial charge is 0.331 e. The van der Waals surface area contributed by atoms with Gasteiger partial charge in [-0.05, 0) is 76.9 Å². The van der Waals surface area contributed by atoms with E-state index >= 15 is 0 Å². The van der Waals surface area contributed by atoms with E-state index in [2.05, 4.69) is 17.6 Å². The van der Waals surface area contributed by atoms with Crippen molar-refractivity contribution in [2.75, 3.05) is 31.2 Å². The molecule has 42 heavy (non-hydrogen) atoms. The highest BCUT2D eigenvalue weighted by molar-refractivity contribution is 6.48. The summed E-state index contributed by atoms with van der Waals surface area (Å²) >= 11 is 0. The summed E-state index contributed by atoms with van der Waals surface area (Å²) in [7, 11) is 1.31. The molecule has 2 aliphatic rings. The van der Waals surface area contributed by atoms with E-state index in [1.807, 2.05) is 13.8 Å². The molecule has 4 N–H and O–H groups in total. The van der Waals surface area contributed by atoms with Crippen molar-refractivity contribution < 1.29 is 28.1 Å². The molecule has 235 valence electrons. The third-order valence-electron chi connectivity index (χ3n) is 7.97. The van der Waals surface area contributed by atoms with E-state index in [-0.39, 0.29) is 29.4 Å². The van der Waals surface area contributed by atoms with Crippen molar-refractivity contribution in [3.05, 3.63) is 34.5 Å². The van der Waals surface area contributed by atoms with Crippen LogP contribution in [0.25, 0.3) is 0 Å². The van der Waals surface area contributed by atoms with Crippen molar-refractivity contribution in [3.63, 3.8) is 0 Å². The number of carbonyl (C=O) groups is 1. The number of nitrogens with one attached hydrogen (secondary N) is 3. The lowest BCUT2D eigenvalue weighted by Crippen LogP contribution is -2.49. The average Bonchev–Trinajstić information content (AvgIpc) is 2.96. The van der Waals surface area contributed by atoms with Crippen molar-refractivity contribution in [1.29, 1.82) is 5.41 Å². The number of amides is 1. The van der Waals surface area contributed by atoms with Gasteiger partial charge in [0.2, 0.25) is 6.41 Å². The van der Waals surface area contributed by atoms with Crippen LogP contribution in [-0.2, 0) is 20.6 Å². The molecule has 1 saturated heterocycles. The Morgan fingerprint density at radius 1 is 1.26 bits per heavy atom. The summed E-state index contributed by atoms with van der Waals surface area (Å²) in [5.74, 6) is 0.190. The zero-order valence-electron chi connectivity index (χ0n) is 26.4. The summed E-state index contributed by atoms with van der Waals surface area (Å²) in [4.78, 5) is 13.0. The monoisotopic (exact) mass is 591 g/mol. The number of amidine groups is 1. The van der Waals surface area contributed by atoms with E-state index < -0.39 is 17.6 Å². The number of fused-ring (bicyclic) bond motifs is 1. The molecule has 1 radical (unpaired) electrons. The van der Waals surface area contributed by atoms with Crippen LogP contribution in [0, 0.1) is 5.41 Å². The van der Waals surface area contributed by atoms with Crippen LogP contribution in [-0.4, -0.2) is 68.4 Å². The summed E-state index contributed by atoms with van der Waals surface area (Å²) < 4.78 is 39.9. The highest BCUT2D eigenvalue weighted by Gasteiger charge is 2.36. The van der Waals surface area contributed by atoms with E-state index in [9.17, 15) is 24.1 Å². The fourth-order valence-electron chi connectivity index (χ4n) is 4.83. The Hall–Kier alpha value is -2.50. The van der Waals surface area contributed by atoms with Gasteiger partial charge in [0, 0.05) is 54.9 Å². The van der Waals surface area contributed by atoms with Gasteiger partial charge in [-0.3, -0.25) is 10.2 Å². The van der Waals surface area contributed by atoms with E-state index in [1.54, 1.807) is 38.7 Å². The van der Waals surface area contributed by atoms with Gasteiger partial charge in [-0.25, -0.2) is 8.78 Å². The number of halogens is 2. The summed E-state index contributed by atoms with van der Waals surface area (Å²) in [6.45, 7) is 14.7. The Balaban J connectivity index is 0.00000301. The molecule has 11 heteroatoms. The second-order valence-corrected chi connectivity index (χ2v) is 11.6. The molecule has 0 atom stereocenters. The molecule has 2 heterocycles. The van der Waals surface area contributed by atoms with Gasteiger partial charge >= 0.3 is 7.48 Å². The maximum atomic E-state index is 14.3. The van der Waals surface area contributed by atoms with E-state index in [0.29, 0.717) is 50.3 Å². The Bertz CT molecular complexity index is 1070. The molecular formula is C31H50BF2N4O4. The minimum absolute atomic E-state index is 0.160. The molecule has 3 rings (SSSR count). The quantitative estimate of drug-likeness (QED) is 0.114. The second kappa shape index (κ2) is 16.4. The lowest BCUT2D eigenvalue weighted by molar-refractivity contribution is -0.109. The van der Waals surface area contributed by atoms with Gasteiger partial charge in [-0.1, -0.05) is 33.3 Å². The van der Waals surface area contributed by atoms with E-state index in [4.69, 9.17) is 9.39 Å². The van der Waals surface area contributed by atoms with Gasteiger partial charge in [0.05, 0.1) is 11.2 Å². The molecule has 0 saturated carbocycles. The van der Waals surface area contributed by atoms with Gasteiger partial charge in [-0.15, -0.1) is 0 Å². The summed E-state index contributed by atoms with van der Waals surface area (Å²) in [5.41, 5.74) is 0.807. The average molecular weight is 592 g/mol. The number of aryl methyl sites for hydroxylation is 1. The first-order chi connectivity index (χ1) is 19.9. The van der Waals surface area contributed by atoms with Gasteiger partial charge in [0.25, 0.3) is 6.43 Å². The number of ether oxygens (including phenoxy) is 1. The summed E-state index contributed by atoms with van der Waals surface area (Å²) in [6, 6.07) is 3.37. The fourth-order valence-corrected chi connectivity index (χ4v) is 4.83. The first-order valence-electron chi connectivity index (χ1n) is 15.2. The van der Waals surface area contributed by atoms with Crippen molar-refractivity contribution in [1.82, 2.24) is 10.6 Å². The second-order valence-electron chi connectivity index (χ2n) is 11.6. The molecule has 0 aliphatic carbocycles. The minimum atomic E-state index is -2.76. The Kier molecular flexibility index (Phi) is 13.9. The number of hydrogen-bond acceptors (Lipinski definition) is 6. The predicted octanol–water partition coefficient (Wildman–Crippen LogP) is 4.76. The molecule has 2 aliphatic heterocycles. The number of aliphatic hydroxyl groups is 1. The normalized spacial score (nSPS) is 16.6. The third-order valence-corrected chi connectivity index (χ3v) is 7.97. The number of anilines is 1. The van der Waals surface area contributed by atoms with Gasteiger partial charge in [0.15, 0.2) is 0 Å². The number of nitrogens with zero attached hydrogens (tertiary/aromatic N) is 1. The standard InChI is InChI=1S/C29H44BF2N4O4.C2H6/c1-6-8-24(35-20-10-13-39-14-11-20)22(17-34-18-37)27(33)36-12-7-9-19-15-23(21(26(31)32)16-25(19)36)30-40-29(4,5)28(2,3)38;1-2/h15-16,18,20,26,33,35,38H,6-14,17H2,1-5H3,(H,34,37);1-2H3/b24-22-,33-27?;. The summed E-state index contributed by atoms with van der Waals surface area (Å²) in [5, 5.41) is 26.0. The van der Waals surface area contributed by atoms with Crippen LogP contribution in [0.4, 0.5) is 14.5 Å². The fraction of sp³-hybridized carbons (Fsp3) is 0.677. The SMILES string of the molecule is CC.CCC/C(NC1CCOCC1)=C(\CNC=O)C(=N)N1CCCc2cc([B]OC(C)(C)C(C)(C)O)c(C(F)F)cc21. The number of carbonyl (C=O) groups excluding carboxylic acids is 1. The maximum absolute atomic E-state index is 14.3. The van der Waals surface area contributed by atoms with Crippen molar-refractivity contribution in [2.45, 2.75) is 111 Å². The Morgan fingerprint density at radius 2 is 1.93 bits per heavy atom. The third kappa shape index (κ3) is 9.25. The molecule has 0 aromatic heterocycles. The van der Waals surface area contributed by atoms with Crippen LogP contribution < -0.4 is 21.0 Å². The Morgan fingerprint density at radius 3 is 2.50 bits per heavy atom. The lowest BCUT2D eigenvalue weighted by atomic mass is 9.78. The van der Waals surface area contributed by atoms with Crippen LogP contribution >= 0.6 is 0 Å². The number of hydrogen-bond donors (Lipinski definition) is 4. The highest BCUT2D eigenvalue weighted by atomic mass is 19.3. The van der Waals surface area contributed by atoms with Gasteiger partial charge in [0.1, 0.15) is 5.84 Å². The lowest BCUT2D eigenvalue weighted by Gasteiger charge is -2.38. The zero-order chi connectivity index (χ0) is 31.5. The first-order valence-corrected chi connectivity index (χ1v) is 15.2. The zero-order valence-corrected chi connectivity index (χ0v) is 26.4. The van der Waals surface area contributed by atoms with Crippen molar-refractivity contribution in [3.8, 4) is 0 Å². The first kappa shape index (κ1) is 35.7. The van der Waals surface area contributed by atoms with Gasteiger partial charge < -0.3 is 30.0 Å². The molecule has 0 bridgehead atoms. The maximum Gasteiger partial charge on any atom is 0.331 e. The number of benzene rings is 1. The predicted molar refractivity (Wildman–Crippen MR) is 166 cm³/mol. The number of alkyl halides is 2. The van der Waals surface area contributed by atoms with Crippen LogP contribution in [0.5, 0.6) is 0 Å². The molecule has 1 amide bonds. The van der Waals surface area contributed by atoms with Gasteiger partial charge in [-0.2, -0.15) is 0 Å². The molecule has 0 unspecified atom stereocenters. The van der Waals surface area contributed by atoms with E-state index in [1.165, 1.54) is 13.5 Å². The van der Waals surface area contributed by atoms with Crippen LogP contribution in [0.1, 0.15) is 98.1 Å². The topological polar surface area (TPSA) is 107 Å². The van der Waals surface area contributed by atoms with Crippen LogP contribution in [0.3, 0.4) is 0 Å². The molecule has 1 aromatic rings. The Labute approximate surface area is 251 Å². The van der Waals surface area contributed by atoms with Crippen LogP contribution in [0.15, 0.2) is 23.4 Å². The minimum Gasteiger partial charge on any atom is -0.427 e. The van der Waals surface area contributed by atoms with E-state index in [0.717, 1.165) is 36.9 Å². The number of allylic oxidation sites excluding steroid dienone is 1. The summed E-state index contributed by atoms with van der Waals surface area (Å²) in [6.07, 6.45) is 2.50. The molecule has 1 fully saturated rings. The van der Waals surface area contributed by atoms with Crippen LogP contribution in [0.2, 0.25) is 0 Å². The molecule has 0 spiro atoms. The largest absolute Gasteiger partial charge is 0.427 e. The highest BCUT2D eigenvalue weighted by Crippen LogP contribution is 2.33. The molecule has 1 aromatic carbocycles. The van der Waals surface area contributed by atoms with Crippen molar-refractivity contribution in [2.24, 2.45) is 0 Å². The molecular weight excluding hydrogens is 541 g/mol. The molecule has 8 nitrogen and oxygen atoms in total.